The van der Waals surface area contributed by atoms with E-state index >= 15 is 0 Å². The third kappa shape index (κ3) is 3.55. The number of aromatic nitrogens is 2. The van der Waals surface area contributed by atoms with Crippen molar-refractivity contribution in [2.75, 3.05) is 13.1 Å². The van der Waals surface area contributed by atoms with E-state index in [1.165, 1.54) is 10.8 Å². The van der Waals surface area contributed by atoms with Gasteiger partial charge in [0.15, 0.2) is 0 Å². The van der Waals surface area contributed by atoms with E-state index in [1.807, 2.05) is 28.9 Å². The first kappa shape index (κ1) is 18.7. The summed E-state index contributed by atoms with van der Waals surface area (Å²) in [7, 11) is 0. The van der Waals surface area contributed by atoms with E-state index in [4.69, 9.17) is 28.3 Å². The first-order chi connectivity index (χ1) is 14.2. The van der Waals surface area contributed by atoms with E-state index in [2.05, 4.69) is 47.8 Å². The van der Waals surface area contributed by atoms with Crippen LogP contribution in [0, 0.1) is 0 Å². The molecular weight excluding hydrogens is 401 g/mol. The molecule has 1 saturated heterocycles. The fourth-order valence-electron chi connectivity index (χ4n) is 4.15. The summed E-state index contributed by atoms with van der Waals surface area (Å²) in [6, 6.07) is 22.6. The van der Waals surface area contributed by atoms with Gasteiger partial charge in [-0.25, -0.2) is 4.68 Å². The van der Waals surface area contributed by atoms with Gasteiger partial charge in [0.05, 0.1) is 22.1 Å². The first-order valence-electron chi connectivity index (χ1n) is 9.95. The number of halogens is 2. The molecule has 0 saturated carbocycles. The van der Waals surface area contributed by atoms with Gasteiger partial charge in [-0.3, -0.25) is 0 Å². The largest absolute Gasteiger partial charge is 0.317 e. The Morgan fingerprint density at radius 3 is 2.45 bits per heavy atom. The van der Waals surface area contributed by atoms with Crippen molar-refractivity contribution < 1.29 is 0 Å². The highest BCUT2D eigenvalue weighted by Gasteiger charge is 2.26. The van der Waals surface area contributed by atoms with Gasteiger partial charge in [0, 0.05) is 16.5 Å². The average molecular weight is 422 g/mol. The Balaban J connectivity index is 1.72. The molecule has 0 unspecified atom stereocenters. The SMILES string of the molecule is Clc1cccc(-n2nc(C3CCNCC3)c(Cl)c2-c2ccc3ccccc3c2)c1. The van der Waals surface area contributed by atoms with Crippen LogP contribution < -0.4 is 5.32 Å². The molecule has 0 bridgehead atoms. The Bertz CT molecular complexity index is 1180. The van der Waals surface area contributed by atoms with Crippen molar-refractivity contribution in [3.63, 3.8) is 0 Å². The summed E-state index contributed by atoms with van der Waals surface area (Å²) >= 11 is 13.3. The second kappa shape index (κ2) is 7.83. The van der Waals surface area contributed by atoms with Crippen LogP contribution in [0.5, 0.6) is 0 Å². The van der Waals surface area contributed by atoms with Gasteiger partial charge in [-0.1, -0.05) is 65.7 Å². The summed E-state index contributed by atoms with van der Waals surface area (Å²) in [5.74, 6) is 0.364. The van der Waals surface area contributed by atoms with Crippen molar-refractivity contribution in [1.29, 1.82) is 0 Å². The summed E-state index contributed by atoms with van der Waals surface area (Å²) in [5, 5.41) is 12.2. The molecule has 3 nitrogen and oxygen atoms in total. The Labute approximate surface area is 180 Å². The first-order valence-corrected chi connectivity index (χ1v) is 10.7. The summed E-state index contributed by atoms with van der Waals surface area (Å²) in [6.45, 7) is 1.99. The van der Waals surface area contributed by atoms with E-state index in [0.717, 1.165) is 53.6 Å². The Morgan fingerprint density at radius 2 is 1.66 bits per heavy atom. The predicted octanol–water partition coefficient (Wildman–Crippen LogP) is 6.47. The van der Waals surface area contributed by atoms with Crippen LogP contribution in [-0.2, 0) is 0 Å². The van der Waals surface area contributed by atoms with Crippen LogP contribution in [0.1, 0.15) is 24.5 Å². The highest BCUT2D eigenvalue weighted by atomic mass is 35.5. The van der Waals surface area contributed by atoms with Crippen molar-refractivity contribution in [1.82, 2.24) is 15.1 Å². The number of hydrogen-bond acceptors (Lipinski definition) is 2. The summed E-state index contributed by atoms with van der Waals surface area (Å²) in [6.07, 6.45) is 2.09. The molecule has 1 aromatic heterocycles. The molecule has 1 aliphatic heterocycles. The number of rotatable bonds is 3. The molecule has 29 heavy (non-hydrogen) atoms. The maximum atomic E-state index is 7.00. The molecule has 5 rings (SSSR count). The highest BCUT2D eigenvalue weighted by Crippen LogP contribution is 2.39. The van der Waals surface area contributed by atoms with E-state index in [9.17, 15) is 0 Å². The van der Waals surface area contributed by atoms with Gasteiger partial charge >= 0.3 is 0 Å². The summed E-state index contributed by atoms with van der Waals surface area (Å²) < 4.78 is 1.95. The number of benzene rings is 3. The number of nitrogens with one attached hydrogen (secondary N) is 1. The minimum atomic E-state index is 0.364. The van der Waals surface area contributed by atoms with Crippen LogP contribution in [0.3, 0.4) is 0 Å². The molecule has 1 fully saturated rings. The average Bonchev–Trinajstić information content (AvgIpc) is 3.11. The lowest BCUT2D eigenvalue weighted by Gasteiger charge is -2.21. The molecule has 0 spiro atoms. The molecule has 146 valence electrons. The van der Waals surface area contributed by atoms with Crippen LogP contribution in [0.25, 0.3) is 27.7 Å². The lowest BCUT2D eigenvalue weighted by molar-refractivity contribution is 0.451. The van der Waals surface area contributed by atoms with Gasteiger partial charge < -0.3 is 5.32 Å². The van der Waals surface area contributed by atoms with Gasteiger partial charge in [0.25, 0.3) is 0 Å². The molecule has 0 amide bonds. The summed E-state index contributed by atoms with van der Waals surface area (Å²) in [4.78, 5) is 0. The molecule has 3 aromatic carbocycles. The molecule has 1 N–H and O–H groups in total. The molecule has 0 radical (unpaired) electrons. The quantitative estimate of drug-likeness (QED) is 0.410. The zero-order valence-electron chi connectivity index (χ0n) is 15.9. The van der Waals surface area contributed by atoms with E-state index in [1.54, 1.807) is 0 Å². The smallest absolute Gasteiger partial charge is 0.0930 e. The minimum Gasteiger partial charge on any atom is -0.317 e. The molecule has 5 heteroatoms. The molecule has 0 atom stereocenters. The third-order valence-corrected chi connectivity index (χ3v) is 6.26. The maximum Gasteiger partial charge on any atom is 0.0930 e. The lowest BCUT2D eigenvalue weighted by Crippen LogP contribution is -2.27. The number of piperidine rings is 1. The number of nitrogens with zero attached hydrogens (tertiary/aromatic N) is 2. The lowest BCUT2D eigenvalue weighted by atomic mass is 9.94. The Kier molecular flexibility index (Phi) is 5.04. The van der Waals surface area contributed by atoms with Crippen LogP contribution >= 0.6 is 23.2 Å². The second-order valence-electron chi connectivity index (χ2n) is 7.53. The van der Waals surface area contributed by atoms with Crippen molar-refractivity contribution in [2.24, 2.45) is 0 Å². The molecule has 2 heterocycles. The van der Waals surface area contributed by atoms with Crippen LogP contribution in [0.2, 0.25) is 10.0 Å². The second-order valence-corrected chi connectivity index (χ2v) is 8.34. The van der Waals surface area contributed by atoms with Gasteiger partial charge in [-0.05, 0) is 61.0 Å². The maximum absolute atomic E-state index is 7.00. The number of fused-ring (bicyclic) bond motifs is 1. The monoisotopic (exact) mass is 421 g/mol. The molecule has 4 aromatic rings. The van der Waals surface area contributed by atoms with Crippen LogP contribution in [0.4, 0.5) is 0 Å². The van der Waals surface area contributed by atoms with Crippen molar-refractivity contribution >= 4 is 34.0 Å². The Morgan fingerprint density at radius 1 is 0.862 bits per heavy atom. The molecular formula is C24H21Cl2N3. The van der Waals surface area contributed by atoms with E-state index < -0.39 is 0 Å². The fraction of sp³-hybridized carbons (Fsp3) is 0.208. The zero-order valence-corrected chi connectivity index (χ0v) is 17.4. The van der Waals surface area contributed by atoms with E-state index in [0.29, 0.717) is 10.9 Å². The summed E-state index contributed by atoms with van der Waals surface area (Å²) in [5.41, 5.74) is 3.88. The number of hydrogen-bond donors (Lipinski definition) is 1. The standard InChI is InChI=1S/C24H21Cl2N3/c25-20-6-3-7-21(15-20)29-24(19-9-8-16-4-1-2-5-18(16)14-19)22(26)23(28-29)17-10-12-27-13-11-17/h1-9,14-15,17,27H,10-13H2. The topological polar surface area (TPSA) is 29.9 Å². The van der Waals surface area contributed by atoms with Gasteiger partial charge in [-0.15, -0.1) is 0 Å². The predicted molar refractivity (Wildman–Crippen MR) is 121 cm³/mol. The molecule has 1 aliphatic rings. The van der Waals surface area contributed by atoms with Crippen LogP contribution in [-0.4, -0.2) is 22.9 Å². The van der Waals surface area contributed by atoms with Crippen molar-refractivity contribution in [2.45, 2.75) is 18.8 Å². The third-order valence-electron chi connectivity index (χ3n) is 5.65. The van der Waals surface area contributed by atoms with Gasteiger partial charge in [0.1, 0.15) is 0 Å². The highest BCUT2D eigenvalue weighted by molar-refractivity contribution is 6.34. The zero-order chi connectivity index (χ0) is 19.8. The van der Waals surface area contributed by atoms with Gasteiger partial charge in [-0.2, -0.15) is 5.10 Å². The van der Waals surface area contributed by atoms with Crippen LogP contribution in [0.15, 0.2) is 66.7 Å². The van der Waals surface area contributed by atoms with Crippen molar-refractivity contribution in [3.05, 3.63) is 82.5 Å². The molecule has 0 aliphatic carbocycles. The van der Waals surface area contributed by atoms with Crippen molar-refractivity contribution in [3.8, 4) is 16.9 Å². The fourth-order valence-corrected chi connectivity index (χ4v) is 4.72. The van der Waals surface area contributed by atoms with E-state index in [-0.39, 0.29) is 0 Å². The Hall–Kier alpha value is -2.33. The van der Waals surface area contributed by atoms with Gasteiger partial charge in [0.2, 0.25) is 0 Å². The normalized spacial score (nSPS) is 15.1. The minimum absolute atomic E-state index is 0.364.